The SMILES string of the molecule is CCCOc1cccc(C(=O)NC(=S)Nc2cccc3ccccc23)c1. The number of carbonyl (C=O) groups is 1. The van der Waals surface area contributed by atoms with Crippen LogP contribution in [0.2, 0.25) is 0 Å². The number of anilines is 1. The second kappa shape index (κ2) is 8.45. The van der Waals surface area contributed by atoms with Crippen LogP contribution in [0.5, 0.6) is 5.75 Å². The van der Waals surface area contributed by atoms with Crippen molar-refractivity contribution < 1.29 is 9.53 Å². The standard InChI is InChI=1S/C21H20N2O2S/c1-2-13-25-17-10-5-9-16(14-17)20(24)23-21(26)22-19-12-6-8-15-7-3-4-11-18(15)19/h3-12,14H,2,13H2,1H3,(H2,22,23,24,26). The first kappa shape index (κ1) is 17.9. The molecule has 132 valence electrons. The lowest BCUT2D eigenvalue weighted by atomic mass is 10.1. The van der Waals surface area contributed by atoms with Gasteiger partial charge in [-0.2, -0.15) is 0 Å². The fourth-order valence-electron chi connectivity index (χ4n) is 2.61. The zero-order valence-corrected chi connectivity index (χ0v) is 15.3. The van der Waals surface area contributed by atoms with Crippen molar-refractivity contribution in [1.82, 2.24) is 5.32 Å². The summed E-state index contributed by atoms with van der Waals surface area (Å²) >= 11 is 5.30. The number of carbonyl (C=O) groups excluding carboxylic acids is 1. The molecule has 0 aromatic heterocycles. The summed E-state index contributed by atoms with van der Waals surface area (Å²) in [6.45, 7) is 2.65. The Balaban J connectivity index is 1.69. The Labute approximate surface area is 158 Å². The number of hydrogen-bond acceptors (Lipinski definition) is 3. The van der Waals surface area contributed by atoms with E-state index in [1.165, 1.54) is 0 Å². The van der Waals surface area contributed by atoms with Crippen molar-refractivity contribution in [1.29, 1.82) is 0 Å². The van der Waals surface area contributed by atoms with Crippen LogP contribution in [0.25, 0.3) is 10.8 Å². The molecule has 2 N–H and O–H groups in total. The number of ether oxygens (including phenoxy) is 1. The van der Waals surface area contributed by atoms with Crippen LogP contribution in [-0.2, 0) is 0 Å². The Kier molecular flexibility index (Phi) is 5.81. The molecule has 0 aliphatic heterocycles. The lowest BCUT2D eigenvalue weighted by Gasteiger charge is -2.12. The summed E-state index contributed by atoms with van der Waals surface area (Å²) in [6, 6.07) is 21.0. The second-order valence-electron chi connectivity index (χ2n) is 5.81. The fourth-order valence-corrected chi connectivity index (χ4v) is 2.81. The van der Waals surface area contributed by atoms with E-state index in [1.807, 2.05) is 55.5 Å². The van der Waals surface area contributed by atoms with Gasteiger partial charge in [0, 0.05) is 16.6 Å². The lowest BCUT2D eigenvalue weighted by Crippen LogP contribution is -2.34. The monoisotopic (exact) mass is 364 g/mol. The van der Waals surface area contributed by atoms with Crippen molar-refractivity contribution in [2.24, 2.45) is 0 Å². The molecule has 0 aliphatic rings. The van der Waals surface area contributed by atoms with Crippen molar-refractivity contribution in [3.63, 3.8) is 0 Å². The van der Waals surface area contributed by atoms with Crippen LogP contribution in [0.1, 0.15) is 23.7 Å². The first-order chi connectivity index (χ1) is 12.7. The zero-order chi connectivity index (χ0) is 18.4. The molecule has 5 heteroatoms. The number of fused-ring (bicyclic) bond motifs is 1. The topological polar surface area (TPSA) is 50.4 Å². The quantitative estimate of drug-likeness (QED) is 0.641. The Morgan fingerprint density at radius 2 is 1.81 bits per heavy atom. The van der Waals surface area contributed by atoms with Gasteiger partial charge in [0.2, 0.25) is 0 Å². The van der Waals surface area contributed by atoms with Crippen molar-refractivity contribution in [2.45, 2.75) is 13.3 Å². The van der Waals surface area contributed by atoms with Crippen LogP contribution in [0, 0.1) is 0 Å². The molecule has 3 rings (SSSR count). The van der Waals surface area contributed by atoms with Gasteiger partial charge in [0.15, 0.2) is 5.11 Å². The lowest BCUT2D eigenvalue weighted by molar-refractivity contribution is 0.0977. The van der Waals surface area contributed by atoms with Crippen LogP contribution in [-0.4, -0.2) is 17.6 Å². The van der Waals surface area contributed by atoms with Gasteiger partial charge in [0.1, 0.15) is 5.75 Å². The molecule has 0 fully saturated rings. The molecular weight excluding hydrogens is 344 g/mol. The predicted molar refractivity (Wildman–Crippen MR) is 110 cm³/mol. The summed E-state index contributed by atoms with van der Waals surface area (Å²) in [4.78, 5) is 12.4. The van der Waals surface area contributed by atoms with E-state index in [1.54, 1.807) is 18.2 Å². The number of thiocarbonyl (C=S) groups is 1. The Morgan fingerprint density at radius 1 is 1.04 bits per heavy atom. The molecule has 0 heterocycles. The van der Waals surface area contributed by atoms with Gasteiger partial charge in [0.05, 0.1) is 6.61 Å². The smallest absolute Gasteiger partial charge is 0.257 e. The van der Waals surface area contributed by atoms with Crippen LogP contribution in [0.4, 0.5) is 5.69 Å². The fraction of sp³-hybridized carbons (Fsp3) is 0.143. The average Bonchev–Trinajstić information content (AvgIpc) is 2.67. The van der Waals surface area contributed by atoms with E-state index >= 15 is 0 Å². The van der Waals surface area contributed by atoms with E-state index in [-0.39, 0.29) is 11.0 Å². The van der Waals surface area contributed by atoms with Crippen molar-refractivity contribution in [3.8, 4) is 5.75 Å². The third-order valence-electron chi connectivity index (χ3n) is 3.83. The first-order valence-corrected chi connectivity index (χ1v) is 8.91. The maximum absolute atomic E-state index is 12.4. The molecule has 0 bridgehead atoms. The predicted octanol–water partition coefficient (Wildman–Crippen LogP) is 4.76. The van der Waals surface area contributed by atoms with Gasteiger partial charge in [-0.05, 0) is 48.3 Å². The summed E-state index contributed by atoms with van der Waals surface area (Å²) in [5.41, 5.74) is 1.36. The number of benzene rings is 3. The minimum absolute atomic E-state index is 0.256. The number of nitrogens with one attached hydrogen (secondary N) is 2. The van der Waals surface area contributed by atoms with Gasteiger partial charge in [-0.1, -0.05) is 49.4 Å². The molecule has 0 unspecified atom stereocenters. The third-order valence-corrected chi connectivity index (χ3v) is 4.04. The molecule has 0 aliphatic carbocycles. The third kappa shape index (κ3) is 4.37. The molecule has 3 aromatic rings. The van der Waals surface area contributed by atoms with Crippen molar-refractivity contribution in [2.75, 3.05) is 11.9 Å². The number of amides is 1. The average molecular weight is 364 g/mol. The first-order valence-electron chi connectivity index (χ1n) is 8.50. The van der Waals surface area contributed by atoms with E-state index < -0.39 is 0 Å². The van der Waals surface area contributed by atoms with E-state index in [9.17, 15) is 4.79 Å². The van der Waals surface area contributed by atoms with E-state index in [0.29, 0.717) is 17.9 Å². The Bertz CT molecular complexity index is 935. The summed E-state index contributed by atoms with van der Waals surface area (Å²) < 4.78 is 5.57. The molecule has 0 atom stereocenters. The normalized spacial score (nSPS) is 10.3. The van der Waals surface area contributed by atoms with Gasteiger partial charge >= 0.3 is 0 Å². The maximum Gasteiger partial charge on any atom is 0.257 e. The largest absolute Gasteiger partial charge is 0.494 e. The van der Waals surface area contributed by atoms with Crippen molar-refractivity contribution >= 4 is 39.7 Å². The minimum Gasteiger partial charge on any atom is -0.494 e. The summed E-state index contributed by atoms with van der Waals surface area (Å²) in [6.07, 6.45) is 0.912. The zero-order valence-electron chi connectivity index (χ0n) is 14.5. The summed E-state index contributed by atoms with van der Waals surface area (Å²) in [7, 11) is 0. The maximum atomic E-state index is 12.4. The number of hydrogen-bond donors (Lipinski definition) is 2. The van der Waals surface area contributed by atoms with Crippen molar-refractivity contribution in [3.05, 3.63) is 72.3 Å². The van der Waals surface area contributed by atoms with Gasteiger partial charge in [-0.15, -0.1) is 0 Å². The van der Waals surface area contributed by atoms with E-state index in [4.69, 9.17) is 17.0 Å². The molecule has 0 spiro atoms. The highest BCUT2D eigenvalue weighted by Crippen LogP contribution is 2.22. The minimum atomic E-state index is -0.273. The summed E-state index contributed by atoms with van der Waals surface area (Å²) in [5, 5.41) is 8.22. The Morgan fingerprint density at radius 3 is 2.65 bits per heavy atom. The summed E-state index contributed by atoms with van der Waals surface area (Å²) in [5.74, 6) is 0.400. The number of rotatable bonds is 5. The van der Waals surface area contributed by atoms with Gasteiger partial charge in [0.25, 0.3) is 5.91 Å². The molecule has 26 heavy (non-hydrogen) atoms. The van der Waals surface area contributed by atoms with Crippen LogP contribution >= 0.6 is 12.2 Å². The molecule has 0 radical (unpaired) electrons. The Hall–Kier alpha value is -2.92. The van der Waals surface area contributed by atoms with Gasteiger partial charge in [-0.25, -0.2) is 0 Å². The highest BCUT2D eigenvalue weighted by atomic mass is 32.1. The molecule has 0 saturated carbocycles. The second-order valence-corrected chi connectivity index (χ2v) is 6.22. The van der Waals surface area contributed by atoms with Gasteiger partial charge in [-0.3, -0.25) is 10.1 Å². The van der Waals surface area contributed by atoms with Gasteiger partial charge < -0.3 is 10.1 Å². The van der Waals surface area contributed by atoms with E-state index in [0.717, 1.165) is 22.9 Å². The molecule has 1 amide bonds. The highest BCUT2D eigenvalue weighted by Gasteiger charge is 2.10. The highest BCUT2D eigenvalue weighted by molar-refractivity contribution is 7.80. The van der Waals surface area contributed by atoms with Crippen LogP contribution in [0.3, 0.4) is 0 Å². The van der Waals surface area contributed by atoms with Crippen LogP contribution < -0.4 is 15.4 Å². The van der Waals surface area contributed by atoms with E-state index in [2.05, 4.69) is 10.6 Å². The molecule has 3 aromatic carbocycles. The van der Waals surface area contributed by atoms with Crippen LogP contribution in [0.15, 0.2) is 66.7 Å². The molecule has 4 nitrogen and oxygen atoms in total. The molecule has 0 saturated heterocycles. The molecular formula is C21H20N2O2S.